The normalized spacial score (nSPS) is 11.5. The summed E-state index contributed by atoms with van der Waals surface area (Å²) >= 11 is 0. The van der Waals surface area contributed by atoms with Gasteiger partial charge in [-0.15, -0.1) is 11.2 Å². The maximum absolute atomic E-state index is 13.0. The number of rotatable bonds is 7. The first-order valence-electron chi connectivity index (χ1n) is 8.82. The number of carboxylic acids is 1. The average Bonchev–Trinajstić information content (AvgIpc) is 2.73. The standard InChI is InChI=1S/C22H19N3O5/c1-4-16(10-9-14(2)11-23)13-30-25-18-8-6-5-7-17(18)15(3)20(22(25)29)21(28)24-12-19(26)27/h1,5-10H,12-13H2,2-3H3,(H,24,28)(H,26,27). The molecule has 0 aliphatic rings. The van der Waals surface area contributed by atoms with Gasteiger partial charge in [0.15, 0.2) is 0 Å². The molecule has 0 fully saturated rings. The molecule has 8 nitrogen and oxygen atoms in total. The lowest BCUT2D eigenvalue weighted by atomic mass is 10.0. The van der Waals surface area contributed by atoms with Crippen LogP contribution in [-0.4, -0.2) is 34.9 Å². The van der Waals surface area contributed by atoms with Gasteiger partial charge in [0.05, 0.1) is 11.6 Å². The van der Waals surface area contributed by atoms with Crippen LogP contribution in [0.4, 0.5) is 0 Å². The van der Waals surface area contributed by atoms with Crippen molar-refractivity contribution in [3.05, 3.63) is 69.0 Å². The van der Waals surface area contributed by atoms with Crippen molar-refractivity contribution in [3.8, 4) is 18.4 Å². The van der Waals surface area contributed by atoms with E-state index in [1.54, 1.807) is 38.1 Å². The Hall–Kier alpha value is -4.30. The molecule has 2 aromatic rings. The zero-order chi connectivity index (χ0) is 22.3. The number of aliphatic carboxylic acids is 1. The molecule has 0 atom stereocenters. The van der Waals surface area contributed by atoms with Crippen molar-refractivity contribution in [2.75, 3.05) is 13.2 Å². The van der Waals surface area contributed by atoms with Crippen LogP contribution in [0.1, 0.15) is 22.8 Å². The Morgan fingerprint density at radius 3 is 2.67 bits per heavy atom. The van der Waals surface area contributed by atoms with Crippen LogP contribution in [0, 0.1) is 30.6 Å². The molecule has 1 aromatic heterocycles. The maximum Gasteiger partial charge on any atom is 0.322 e. The second kappa shape index (κ2) is 9.76. The van der Waals surface area contributed by atoms with E-state index in [2.05, 4.69) is 11.2 Å². The number of nitrogens with zero attached hydrogens (tertiary/aromatic N) is 2. The molecule has 0 radical (unpaired) electrons. The lowest BCUT2D eigenvalue weighted by Crippen LogP contribution is -2.38. The number of hydrogen-bond donors (Lipinski definition) is 2. The zero-order valence-electron chi connectivity index (χ0n) is 16.4. The molecule has 1 heterocycles. The molecule has 0 saturated carbocycles. The highest BCUT2D eigenvalue weighted by Crippen LogP contribution is 2.19. The van der Waals surface area contributed by atoms with Gasteiger partial charge in [-0.1, -0.05) is 24.1 Å². The smallest absolute Gasteiger partial charge is 0.322 e. The highest BCUT2D eigenvalue weighted by molar-refractivity contribution is 6.00. The molecular weight excluding hydrogens is 386 g/mol. The van der Waals surface area contributed by atoms with Gasteiger partial charge in [-0.25, -0.2) is 0 Å². The molecule has 0 bridgehead atoms. The Bertz CT molecular complexity index is 1210. The second-order valence-corrected chi connectivity index (χ2v) is 6.26. The minimum Gasteiger partial charge on any atom is -0.480 e. The first-order valence-corrected chi connectivity index (χ1v) is 8.82. The molecule has 2 N–H and O–H groups in total. The summed E-state index contributed by atoms with van der Waals surface area (Å²) < 4.78 is 0.962. The number of benzene rings is 1. The summed E-state index contributed by atoms with van der Waals surface area (Å²) in [6.45, 7) is 2.44. The fraction of sp³-hybridized carbons (Fsp3) is 0.182. The molecule has 0 aliphatic heterocycles. The number of carbonyl (C=O) groups excluding carboxylic acids is 1. The number of pyridine rings is 1. The number of terminal acetylenes is 1. The van der Waals surface area contributed by atoms with Gasteiger partial charge in [-0.2, -0.15) is 5.26 Å². The Labute approximate surface area is 172 Å². The van der Waals surface area contributed by atoms with Crippen LogP contribution in [0.25, 0.3) is 10.9 Å². The van der Waals surface area contributed by atoms with E-state index in [0.717, 1.165) is 4.73 Å². The number of allylic oxidation sites excluding steroid dienone is 3. The van der Waals surface area contributed by atoms with E-state index in [1.165, 1.54) is 12.2 Å². The first-order chi connectivity index (χ1) is 14.3. The van der Waals surface area contributed by atoms with Crippen molar-refractivity contribution >= 4 is 22.8 Å². The molecule has 2 rings (SSSR count). The van der Waals surface area contributed by atoms with Gasteiger partial charge in [-0.3, -0.25) is 14.4 Å². The van der Waals surface area contributed by atoms with Gasteiger partial charge >= 0.3 is 5.97 Å². The SMILES string of the molecule is C#CC(=CC=C(C)C#N)COn1c(=O)c(C(=O)NCC(=O)O)c(C)c2ccccc21. The van der Waals surface area contributed by atoms with E-state index in [0.29, 0.717) is 27.6 Å². The summed E-state index contributed by atoms with van der Waals surface area (Å²) in [7, 11) is 0. The van der Waals surface area contributed by atoms with E-state index in [1.807, 2.05) is 6.07 Å². The lowest BCUT2D eigenvalue weighted by molar-refractivity contribution is -0.135. The predicted molar refractivity (Wildman–Crippen MR) is 111 cm³/mol. The summed E-state index contributed by atoms with van der Waals surface area (Å²) in [5, 5.41) is 20.4. The molecule has 0 aliphatic carbocycles. The summed E-state index contributed by atoms with van der Waals surface area (Å²) in [5.41, 5.74) is 0.681. The van der Waals surface area contributed by atoms with Crippen molar-refractivity contribution < 1.29 is 19.5 Å². The largest absolute Gasteiger partial charge is 0.480 e. The second-order valence-electron chi connectivity index (χ2n) is 6.26. The van der Waals surface area contributed by atoms with Crippen LogP contribution in [0.5, 0.6) is 0 Å². The number of carboxylic acid groups (broad SMARTS) is 1. The highest BCUT2D eigenvalue weighted by Gasteiger charge is 2.21. The van der Waals surface area contributed by atoms with Gasteiger partial charge < -0.3 is 15.3 Å². The van der Waals surface area contributed by atoms with Crippen LogP contribution < -0.4 is 15.7 Å². The number of nitriles is 1. The van der Waals surface area contributed by atoms with E-state index in [-0.39, 0.29) is 12.2 Å². The Balaban J connectivity index is 2.53. The third-order valence-corrected chi connectivity index (χ3v) is 4.17. The van der Waals surface area contributed by atoms with Gasteiger partial charge in [0, 0.05) is 16.5 Å². The fourth-order valence-corrected chi connectivity index (χ4v) is 2.65. The number of aromatic nitrogens is 1. The summed E-state index contributed by atoms with van der Waals surface area (Å²) in [6, 6.07) is 8.79. The van der Waals surface area contributed by atoms with Crippen LogP contribution in [0.2, 0.25) is 0 Å². The molecule has 0 spiro atoms. The lowest BCUT2D eigenvalue weighted by Gasteiger charge is -2.16. The maximum atomic E-state index is 13.0. The van der Waals surface area contributed by atoms with E-state index in [9.17, 15) is 14.4 Å². The highest BCUT2D eigenvalue weighted by atomic mass is 16.7. The van der Waals surface area contributed by atoms with Gasteiger partial charge in [-0.05, 0) is 37.6 Å². The Morgan fingerprint density at radius 2 is 2.03 bits per heavy atom. The third-order valence-electron chi connectivity index (χ3n) is 4.17. The number of para-hydroxylation sites is 1. The van der Waals surface area contributed by atoms with Crippen molar-refractivity contribution in [1.82, 2.24) is 10.0 Å². The quantitative estimate of drug-likeness (QED) is 0.410. The van der Waals surface area contributed by atoms with Crippen molar-refractivity contribution in [1.29, 1.82) is 5.26 Å². The van der Waals surface area contributed by atoms with Crippen LogP contribution in [0.15, 0.2) is 52.4 Å². The summed E-state index contributed by atoms with van der Waals surface area (Å²) in [4.78, 5) is 41.9. The molecule has 1 aromatic carbocycles. The summed E-state index contributed by atoms with van der Waals surface area (Å²) in [5.74, 6) is 0.373. The van der Waals surface area contributed by atoms with Gasteiger partial charge in [0.2, 0.25) is 0 Å². The van der Waals surface area contributed by atoms with Crippen LogP contribution in [-0.2, 0) is 4.79 Å². The van der Waals surface area contributed by atoms with Crippen LogP contribution in [0.3, 0.4) is 0 Å². The monoisotopic (exact) mass is 405 g/mol. The minimum atomic E-state index is -1.23. The Morgan fingerprint density at radius 1 is 1.33 bits per heavy atom. The zero-order valence-corrected chi connectivity index (χ0v) is 16.4. The van der Waals surface area contributed by atoms with Crippen molar-refractivity contribution in [3.63, 3.8) is 0 Å². The number of fused-ring (bicyclic) bond motifs is 1. The topological polar surface area (TPSA) is 121 Å². The number of hydrogen-bond acceptors (Lipinski definition) is 5. The van der Waals surface area contributed by atoms with Crippen LogP contribution >= 0.6 is 0 Å². The molecular formula is C22H19N3O5. The van der Waals surface area contributed by atoms with E-state index >= 15 is 0 Å². The van der Waals surface area contributed by atoms with E-state index in [4.69, 9.17) is 21.6 Å². The molecule has 30 heavy (non-hydrogen) atoms. The molecule has 0 saturated heterocycles. The van der Waals surface area contributed by atoms with Gasteiger partial charge in [0.1, 0.15) is 18.7 Å². The molecule has 8 heteroatoms. The predicted octanol–water partition coefficient (Wildman–Crippen LogP) is 1.58. The molecule has 152 valence electrons. The number of carbonyl (C=O) groups is 2. The van der Waals surface area contributed by atoms with Crippen molar-refractivity contribution in [2.45, 2.75) is 13.8 Å². The Kier molecular flexibility index (Phi) is 7.16. The average molecular weight is 405 g/mol. The van der Waals surface area contributed by atoms with Crippen molar-refractivity contribution in [2.24, 2.45) is 0 Å². The number of nitrogens with one attached hydrogen (secondary N) is 1. The third kappa shape index (κ3) is 4.94. The number of aryl methyl sites for hydroxylation is 1. The fourth-order valence-electron chi connectivity index (χ4n) is 2.65. The molecule has 0 unspecified atom stereocenters. The molecule has 1 amide bonds. The summed E-state index contributed by atoms with van der Waals surface area (Å²) in [6.07, 6.45) is 8.52. The number of amides is 1. The minimum absolute atomic E-state index is 0.158. The first kappa shape index (κ1) is 22.0. The van der Waals surface area contributed by atoms with Gasteiger partial charge in [0.25, 0.3) is 11.5 Å². The van der Waals surface area contributed by atoms with E-state index < -0.39 is 24.0 Å².